The molecule has 2 aromatic heterocycles. The highest BCUT2D eigenvalue weighted by Gasteiger charge is 2.11. The Morgan fingerprint density at radius 1 is 1.30 bits per heavy atom. The molecule has 0 saturated carbocycles. The van der Waals surface area contributed by atoms with Crippen LogP contribution in [-0.4, -0.2) is 28.3 Å². The summed E-state index contributed by atoms with van der Waals surface area (Å²) in [5, 5.41) is 11.3. The molecule has 2 rings (SSSR count). The van der Waals surface area contributed by atoms with Crippen molar-refractivity contribution < 1.29 is 4.42 Å². The van der Waals surface area contributed by atoms with E-state index in [4.69, 9.17) is 4.42 Å². The summed E-state index contributed by atoms with van der Waals surface area (Å²) in [4.78, 5) is 6.36. The highest BCUT2D eigenvalue weighted by Crippen LogP contribution is 2.13. The first kappa shape index (κ1) is 14.5. The smallest absolute Gasteiger partial charge is 0.318 e. The molecule has 108 valence electrons. The van der Waals surface area contributed by atoms with Gasteiger partial charge in [-0.1, -0.05) is 25.0 Å². The zero-order chi connectivity index (χ0) is 14.5. The second-order valence-electron chi connectivity index (χ2n) is 5.14. The molecule has 0 fully saturated rings. The van der Waals surface area contributed by atoms with Crippen molar-refractivity contribution in [1.29, 1.82) is 0 Å². The van der Waals surface area contributed by atoms with Crippen molar-refractivity contribution in [2.45, 2.75) is 39.9 Å². The van der Waals surface area contributed by atoms with E-state index < -0.39 is 0 Å². The first-order valence-electron chi connectivity index (χ1n) is 6.74. The molecule has 0 saturated heterocycles. The first-order valence-corrected chi connectivity index (χ1v) is 6.74. The summed E-state index contributed by atoms with van der Waals surface area (Å²) in [5.41, 5.74) is 1.98. The zero-order valence-corrected chi connectivity index (χ0v) is 12.4. The van der Waals surface area contributed by atoms with Crippen molar-refractivity contribution in [3.05, 3.63) is 35.5 Å². The number of aromatic nitrogens is 3. The van der Waals surface area contributed by atoms with Gasteiger partial charge < -0.3 is 14.6 Å². The van der Waals surface area contributed by atoms with E-state index in [1.54, 1.807) is 0 Å². The highest BCUT2D eigenvalue weighted by atomic mass is 16.4. The lowest BCUT2D eigenvalue weighted by molar-refractivity contribution is 0.449. The maximum atomic E-state index is 5.61. The second kappa shape index (κ2) is 6.47. The van der Waals surface area contributed by atoms with Crippen molar-refractivity contribution in [2.75, 3.05) is 11.9 Å². The normalized spacial score (nSPS) is 11.1. The molecule has 2 heterocycles. The summed E-state index contributed by atoms with van der Waals surface area (Å²) in [5.74, 6) is 0.595. The van der Waals surface area contributed by atoms with Gasteiger partial charge in [-0.15, -0.1) is 5.10 Å². The van der Waals surface area contributed by atoms with E-state index in [2.05, 4.69) is 34.3 Å². The van der Waals surface area contributed by atoms with E-state index in [0.717, 1.165) is 11.4 Å². The van der Waals surface area contributed by atoms with Crippen molar-refractivity contribution >= 4 is 6.01 Å². The number of nitrogens with one attached hydrogen (secondary N) is 1. The average Bonchev–Trinajstić information content (AvgIpc) is 2.85. The average molecular weight is 275 g/mol. The van der Waals surface area contributed by atoms with Crippen LogP contribution in [0.15, 0.2) is 22.6 Å². The highest BCUT2D eigenvalue weighted by molar-refractivity contribution is 5.24. The molecule has 0 aromatic carbocycles. The predicted molar refractivity (Wildman–Crippen MR) is 77.4 cm³/mol. The summed E-state index contributed by atoms with van der Waals surface area (Å²) < 4.78 is 5.61. The van der Waals surface area contributed by atoms with Crippen LogP contribution in [0.3, 0.4) is 0 Å². The van der Waals surface area contributed by atoms with Gasteiger partial charge in [-0.25, -0.2) is 0 Å². The first-order chi connectivity index (χ1) is 9.54. The number of aryl methyl sites for hydroxylation is 1. The second-order valence-corrected chi connectivity index (χ2v) is 5.14. The maximum absolute atomic E-state index is 5.61. The predicted octanol–water partition coefficient (Wildman–Crippen LogP) is 1.91. The van der Waals surface area contributed by atoms with Gasteiger partial charge in [0.15, 0.2) is 0 Å². The molecule has 0 amide bonds. The molecule has 1 N–H and O–H groups in total. The van der Waals surface area contributed by atoms with Gasteiger partial charge in [0.2, 0.25) is 5.89 Å². The van der Waals surface area contributed by atoms with Crippen LogP contribution in [0.25, 0.3) is 0 Å². The minimum atomic E-state index is 0.388. The van der Waals surface area contributed by atoms with Crippen LogP contribution < -0.4 is 10.2 Å². The molecule has 0 atom stereocenters. The zero-order valence-electron chi connectivity index (χ0n) is 12.4. The number of hydrogen-bond donors (Lipinski definition) is 1. The number of rotatable bonds is 6. The SMILES string of the molecule is Cc1cccc(CN(C)c2nnc(CNC(C)C)o2)n1. The quantitative estimate of drug-likeness (QED) is 0.868. The molecule has 6 nitrogen and oxygen atoms in total. The maximum Gasteiger partial charge on any atom is 0.318 e. The third-order valence-corrected chi connectivity index (χ3v) is 2.79. The van der Waals surface area contributed by atoms with E-state index in [0.29, 0.717) is 31.0 Å². The van der Waals surface area contributed by atoms with Crippen LogP contribution in [0.4, 0.5) is 6.01 Å². The van der Waals surface area contributed by atoms with E-state index in [1.165, 1.54) is 0 Å². The molecular weight excluding hydrogens is 254 g/mol. The van der Waals surface area contributed by atoms with Gasteiger partial charge in [0.05, 0.1) is 18.8 Å². The van der Waals surface area contributed by atoms with Crippen LogP contribution in [0.1, 0.15) is 31.1 Å². The fourth-order valence-corrected chi connectivity index (χ4v) is 1.76. The van der Waals surface area contributed by atoms with Gasteiger partial charge in [0.25, 0.3) is 0 Å². The standard InChI is InChI=1S/C14H21N5O/c1-10(2)15-8-13-17-18-14(20-13)19(4)9-12-7-5-6-11(3)16-12/h5-7,10,15H,8-9H2,1-4H3. The lowest BCUT2D eigenvalue weighted by Gasteiger charge is -2.13. The minimum absolute atomic E-state index is 0.388. The topological polar surface area (TPSA) is 67.1 Å². The Bertz CT molecular complexity index is 552. The van der Waals surface area contributed by atoms with Gasteiger partial charge >= 0.3 is 6.01 Å². The molecular formula is C14H21N5O. The van der Waals surface area contributed by atoms with E-state index in [9.17, 15) is 0 Å². The molecule has 0 aliphatic heterocycles. The largest absolute Gasteiger partial charge is 0.407 e. The minimum Gasteiger partial charge on any atom is -0.407 e. The molecule has 20 heavy (non-hydrogen) atoms. The van der Waals surface area contributed by atoms with Crippen LogP contribution >= 0.6 is 0 Å². The Morgan fingerprint density at radius 2 is 2.10 bits per heavy atom. The molecule has 0 spiro atoms. The van der Waals surface area contributed by atoms with Gasteiger partial charge in [0, 0.05) is 18.8 Å². The van der Waals surface area contributed by atoms with Crippen LogP contribution in [0, 0.1) is 6.92 Å². The molecule has 0 unspecified atom stereocenters. The molecule has 0 radical (unpaired) electrons. The Morgan fingerprint density at radius 3 is 2.80 bits per heavy atom. The third-order valence-electron chi connectivity index (χ3n) is 2.79. The summed E-state index contributed by atoms with van der Waals surface area (Å²) in [6.07, 6.45) is 0. The van der Waals surface area contributed by atoms with Crippen LogP contribution in [-0.2, 0) is 13.1 Å². The Kier molecular flexibility index (Phi) is 4.68. The number of hydrogen-bond acceptors (Lipinski definition) is 6. The fourth-order valence-electron chi connectivity index (χ4n) is 1.76. The van der Waals surface area contributed by atoms with E-state index in [-0.39, 0.29) is 0 Å². The van der Waals surface area contributed by atoms with Gasteiger partial charge in [-0.2, -0.15) is 0 Å². The summed E-state index contributed by atoms with van der Waals surface area (Å²) in [6.45, 7) is 7.35. The summed E-state index contributed by atoms with van der Waals surface area (Å²) in [7, 11) is 1.91. The summed E-state index contributed by atoms with van der Waals surface area (Å²) in [6, 6.07) is 6.86. The van der Waals surface area contributed by atoms with E-state index in [1.807, 2.05) is 37.1 Å². The van der Waals surface area contributed by atoms with Crippen molar-refractivity contribution in [3.8, 4) is 0 Å². The van der Waals surface area contributed by atoms with Crippen LogP contribution in [0.5, 0.6) is 0 Å². The van der Waals surface area contributed by atoms with Crippen molar-refractivity contribution in [3.63, 3.8) is 0 Å². The number of nitrogens with zero attached hydrogens (tertiary/aromatic N) is 4. The van der Waals surface area contributed by atoms with Crippen molar-refractivity contribution in [1.82, 2.24) is 20.5 Å². The Hall–Kier alpha value is -1.95. The molecule has 0 bridgehead atoms. The van der Waals surface area contributed by atoms with E-state index >= 15 is 0 Å². The third kappa shape index (κ3) is 4.03. The monoisotopic (exact) mass is 275 g/mol. The molecule has 0 aliphatic rings. The van der Waals surface area contributed by atoms with Gasteiger partial charge in [-0.3, -0.25) is 4.98 Å². The lowest BCUT2D eigenvalue weighted by atomic mass is 10.3. The van der Waals surface area contributed by atoms with Crippen molar-refractivity contribution in [2.24, 2.45) is 0 Å². The number of anilines is 1. The van der Waals surface area contributed by atoms with Gasteiger partial charge in [-0.05, 0) is 19.1 Å². The Labute approximate surface area is 119 Å². The molecule has 6 heteroatoms. The van der Waals surface area contributed by atoms with Gasteiger partial charge in [0.1, 0.15) is 0 Å². The fraction of sp³-hybridized carbons (Fsp3) is 0.500. The lowest BCUT2D eigenvalue weighted by Crippen LogP contribution is -2.22. The molecule has 2 aromatic rings. The number of pyridine rings is 1. The Balaban J connectivity index is 1.97. The molecule has 0 aliphatic carbocycles. The summed E-state index contributed by atoms with van der Waals surface area (Å²) >= 11 is 0. The van der Waals surface area contributed by atoms with Crippen LogP contribution in [0.2, 0.25) is 0 Å².